The lowest BCUT2D eigenvalue weighted by molar-refractivity contribution is 0.470. The van der Waals surface area contributed by atoms with Crippen LogP contribution in [0.5, 0.6) is 0 Å². The van der Waals surface area contributed by atoms with Crippen LogP contribution in [0.4, 0.5) is 10.1 Å². The van der Waals surface area contributed by atoms with Crippen LogP contribution in [0.15, 0.2) is 34.6 Å². The van der Waals surface area contributed by atoms with Crippen molar-refractivity contribution in [3.63, 3.8) is 0 Å². The number of guanidine groups is 1. The lowest BCUT2D eigenvalue weighted by atomic mass is 10.2. The van der Waals surface area contributed by atoms with Gasteiger partial charge in [0, 0.05) is 45.3 Å². The van der Waals surface area contributed by atoms with Crippen molar-refractivity contribution in [1.82, 2.24) is 15.2 Å². The highest BCUT2D eigenvalue weighted by molar-refractivity contribution is 14.0. The molecule has 26 heavy (non-hydrogen) atoms. The molecule has 0 bridgehead atoms. The number of aliphatic imine (C=N–C) groups is 1. The summed E-state index contributed by atoms with van der Waals surface area (Å²) in [5.41, 5.74) is 1.94. The first-order valence-electron chi connectivity index (χ1n) is 8.29. The molecule has 0 aliphatic carbocycles. The van der Waals surface area contributed by atoms with E-state index in [1.165, 1.54) is 6.07 Å². The second-order valence-corrected chi connectivity index (χ2v) is 7.01. The second-order valence-electron chi connectivity index (χ2n) is 5.94. The summed E-state index contributed by atoms with van der Waals surface area (Å²) in [5, 5.41) is 6.52. The fourth-order valence-corrected chi connectivity index (χ4v) is 3.15. The Labute approximate surface area is 176 Å². The third kappa shape index (κ3) is 7.06. The summed E-state index contributed by atoms with van der Waals surface area (Å²) in [6.07, 6.45) is 0.926. The van der Waals surface area contributed by atoms with E-state index in [2.05, 4.69) is 30.5 Å². The third-order valence-corrected chi connectivity index (χ3v) is 4.66. The Bertz CT molecular complexity index is 706. The van der Waals surface area contributed by atoms with Crippen molar-refractivity contribution in [2.75, 3.05) is 39.1 Å². The first-order chi connectivity index (χ1) is 12.0. The first kappa shape index (κ1) is 22.6. The molecule has 0 spiro atoms. The van der Waals surface area contributed by atoms with E-state index in [9.17, 15) is 4.39 Å². The van der Waals surface area contributed by atoms with Crippen LogP contribution < -0.4 is 10.2 Å². The maximum atomic E-state index is 13.3. The first-order valence-corrected chi connectivity index (χ1v) is 9.17. The molecule has 0 unspecified atom stereocenters. The summed E-state index contributed by atoms with van der Waals surface area (Å²) in [5.74, 6) is 0.640. The molecule has 1 aromatic heterocycles. The Morgan fingerprint density at radius 2 is 2.12 bits per heavy atom. The number of thiazole rings is 1. The van der Waals surface area contributed by atoms with Gasteiger partial charge in [-0.3, -0.25) is 4.99 Å². The zero-order chi connectivity index (χ0) is 18.2. The topological polar surface area (TPSA) is 43.8 Å². The van der Waals surface area contributed by atoms with E-state index in [1.807, 2.05) is 27.1 Å². The molecule has 8 heteroatoms. The summed E-state index contributed by atoms with van der Waals surface area (Å²) >= 11 is 1.66. The number of benzene rings is 1. The molecule has 2 aromatic rings. The average Bonchev–Trinajstić information content (AvgIpc) is 2.99. The van der Waals surface area contributed by atoms with Gasteiger partial charge < -0.3 is 15.1 Å². The van der Waals surface area contributed by atoms with Crippen molar-refractivity contribution >= 4 is 47.0 Å². The summed E-state index contributed by atoms with van der Waals surface area (Å²) in [7, 11) is 5.76. The molecule has 5 nitrogen and oxygen atoms in total. The van der Waals surface area contributed by atoms with Crippen LogP contribution in [0.2, 0.25) is 0 Å². The van der Waals surface area contributed by atoms with Gasteiger partial charge in [-0.1, -0.05) is 6.07 Å². The Balaban J connectivity index is 0.00000338. The highest BCUT2D eigenvalue weighted by Crippen LogP contribution is 2.14. The van der Waals surface area contributed by atoms with Crippen LogP contribution in [0.3, 0.4) is 0 Å². The third-order valence-electron chi connectivity index (χ3n) is 3.84. The number of anilines is 1. The number of nitrogens with one attached hydrogen (secondary N) is 1. The van der Waals surface area contributed by atoms with E-state index in [0.29, 0.717) is 0 Å². The van der Waals surface area contributed by atoms with Crippen molar-refractivity contribution in [3.05, 3.63) is 46.2 Å². The fourth-order valence-electron chi connectivity index (χ4n) is 2.54. The Kier molecular flexibility index (Phi) is 9.85. The molecule has 0 aliphatic rings. The van der Waals surface area contributed by atoms with Gasteiger partial charge in [-0.05, 0) is 31.5 Å². The monoisotopic (exact) mass is 491 g/mol. The lowest BCUT2D eigenvalue weighted by Crippen LogP contribution is -2.39. The SMILES string of the molecule is CN=C(NCCCN(C)c1cccc(F)c1)N(C)Cc1csc(C)n1.I. The van der Waals surface area contributed by atoms with Gasteiger partial charge in [0.05, 0.1) is 17.2 Å². The molecule has 0 saturated heterocycles. The molecule has 0 radical (unpaired) electrons. The zero-order valence-corrected chi connectivity index (χ0v) is 18.8. The van der Waals surface area contributed by atoms with Crippen LogP contribution in [-0.2, 0) is 6.54 Å². The molecule has 1 aromatic carbocycles. The normalized spacial score (nSPS) is 11.0. The van der Waals surface area contributed by atoms with Crippen molar-refractivity contribution in [1.29, 1.82) is 0 Å². The largest absolute Gasteiger partial charge is 0.374 e. The molecular weight excluding hydrogens is 464 g/mol. The van der Waals surface area contributed by atoms with Gasteiger partial charge in [-0.2, -0.15) is 0 Å². The Hall–Kier alpha value is -1.42. The highest BCUT2D eigenvalue weighted by atomic mass is 127. The van der Waals surface area contributed by atoms with Gasteiger partial charge in [0.1, 0.15) is 5.82 Å². The van der Waals surface area contributed by atoms with E-state index in [-0.39, 0.29) is 29.8 Å². The predicted octanol–water partition coefficient (Wildman–Crippen LogP) is 3.74. The minimum Gasteiger partial charge on any atom is -0.374 e. The molecule has 144 valence electrons. The van der Waals surface area contributed by atoms with E-state index in [4.69, 9.17) is 0 Å². The molecular formula is C18H27FIN5S. The van der Waals surface area contributed by atoms with Crippen LogP contribution in [-0.4, -0.2) is 50.1 Å². The number of rotatable bonds is 7. The minimum atomic E-state index is -0.207. The summed E-state index contributed by atoms with van der Waals surface area (Å²) < 4.78 is 13.3. The van der Waals surface area contributed by atoms with Gasteiger partial charge in [-0.25, -0.2) is 9.37 Å². The van der Waals surface area contributed by atoms with Crippen LogP contribution >= 0.6 is 35.3 Å². The van der Waals surface area contributed by atoms with Gasteiger partial charge in [0.2, 0.25) is 0 Å². The van der Waals surface area contributed by atoms with E-state index in [0.717, 1.165) is 48.4 Å². The zero-order valence-electron chi connectivity index (χ0n) is 15.7. The van der Waals surface area contributed by atoms with E-state index in [1.54, 1.807) is 30.5 Å². The molecule has 0 fully saturated rings. The quantitative estimate of drug-likeness (QED) is 0.278. The number of aromatic nitrogens is 1. The molecule has 1 N–H and O–H groups in total. The predicted molar refractivity (Wildman–Crippen MR) is 119 cm³/mol. The Morgan fingerprint density at radius 1 is 1.35 bits per heavy atom. The molecule has 0 atom stereocenters. The van der Waals surface area contributed by atoms with E-state index < -0.39 is 0 Å². The Morgan fingerprint density at radius 3 is 2.73 bits per heavy atom. The number of nitrogens with zero attached hydrogens (tertiary/aromatic N) is 4. The van der Waals surface area contributed by atoms with Crippen molar-refractivity contribution in [3.8, 4) is 0 Å². The molecule has 2 rings (SSSR count). The second kappa shape index (κ2) is 11.3. The van der Waals surface area contributed by atoms with Gasteiger partial charge in [-0.15, -0.1) is 35.3 Å². The highest BCUT2D eigenvalue weighted by Gasteiger charge is 2.08. The van der Waals surface area contributed by atoms with Crippen molar-refractivity contribution in [2.24, 2.45) is 4.99 Å². The maximum Gasteiger partial charge on any atom is 0.193 e. The van der Waals surface area contributed by atoms with Crippen molar-refractivity contribution in [2.45, 2.75) is 19.9 Å². The maximum absolute atomic E-state index is 13.3. The molecule has 0 aliphatic heterocycles. The average molecular weight is 491 g/mol. The molecule has 0 saturated carbocycles. The van der Waals surface area contributed by atoms with Gasteiger partial charge >= 0.3 is 0 Å². The number of halogens is 2. The number of hydrogen-bond acceptors (Lipinski definition) is 4. The van der Waals surface area contributed by atoms with Crippen LogP contribution in [0.25, 0.3) is 0 Å². The fraction of sp³-hybridized carbons (Fsp3) is 0.444. The van der Waals surface area contributed by atoms with Gasteiger partial charge in [0.15, 0.2) is 5.96 Å². The van der Waals surface area contributed by atoms with Crippen LogP contribution in [0.1, 0.15) is 17.1 Å². The lowest BCUT2D eigenvalue weighted by Gasteiger charge is -2.23. The molecule has 1 heterocycles. The van der Waals surface area contributed by atoms with Crippen LogP contribution in [0, 0.1) is 12.7 Å². The summed E-state index contributed by atoms with van der Waals surface area (Å²) in [6, 6.07) is 6.66. The summed E-state index contributed by atoms with van der Waals surface area (Å²) in [6.45, 7) is 4.37. The number of hydrogen-bond donors (Lipinski definition) is 1. The summed E-state index contributed by atoms with van der Waals surface area (Å²) in [4.78, 5) is 12.9. The minimum absolute atomic E-state index is 0. The van der Waals surface area contributed by atoms with E-state index >= 15 is 0 Å². The van der Waals surface area contributed by atoms with Gasteiger partial charge in [0.25, 0.3) is 0 Å². The van der Waals surface area contributed by atoms with Crippen molar-refractivity contribution < 1.29 is 4.39 Å². The standard InChI is InChI=1S/C18H26FN5S.HI/c1-14-22-16(13-25-14)12-24(4)18(20-2)21-9-6-10-23(3)17-8-5-7-15(19)11-17;/h5,7-8,11,13H,6,9-10,12H2,1-4H3,(H,20,21);1H. The smallest absolute Gasteiger partial charge is 0.193 e. The number of aryl methyl sites for hydroxylation is 1. The molecule has 0 amide bonds.